The number of carbonyl (C=O) groups is 1. The van der Waals surface area contributed by atoms with Gasteiger partial charge < -0.3 is 14.8 Å². The molecule has 0 aliphatic carbocycles. The summed E-state index contributed by atoms with van der Waals surface area (Å²) in [7, 11) is 0. The number of nitrogens with zero attached hydrogens (tertiary/aromatic N) is 1. The molecular weight excluding hydrogens is 252 g/mol. The fraction of sp³-hybridized carbons (Fsp3) is 0.0833. The second-order valence-corrected chi connectivity index (χ2v) is 3.66. The first-order valence-corrected chi connectivity index (χ1v) is 5.36. The van der Waals surface area contributed by atoms with Crippen LogP contribution in [0, 0.1) is 10.1 Å². The first-order chi connectivity index (χ1) is 9.11. The van der Waals surface area contributed by atoms with E-state index in [1.54, 1.807) is 24.3 Å². The molecule has 1 amide bonds. The van der Waals surface area contributed by atoms with E-state index in [1.165, 1.54) is 6.07 Å². The molecule has 1 heterocycles. The Hall–Kier alpha value is -2.67. The van der Waals surface area contributed by atoms with Crippen LogP contribution in [0.2, 0.25) is 0 Å². The first kappa shape index (κ1) is 12.8. The fourth-order valence-electron chi connectivity index (χ4n) is 1.51. The lowest BCUT2D eigenvalue weighted by Gasteiger charge is -2.07. The number of anilines is 1. The topological polar surface area (TPSA) is 106 Å². The highest BCUT2D eigenvalue weighted by atomic mass is 16.6. The van der Waals surface area contributed by atoms with E-state index < -0.39 is 16.7 Å². The molecule has 0 saturated carbocycles. The van der Waals surface area contributed by atoms with Crippen molar-refractivity contribution in [2.75, 3.05) is 5.32 Å². The maximum atomic E-state index is 11.8. The van der Waals surface area contributed by atoms with Crippen molar-refractivity contribution in [2.45, 2.75) is 6.61 Å². The summed E-state index contributed by atoms with van der Waals surface area (Å²) in [5.74, 6) is -1.28. The van der Waals surface area contributed by atoms with Gasteiger partial charge in [0.15, 0.2) is 5.76 Å². The van der Waals surface area contributed by atoms with Gasteiger partial charge in [0, 0.05) is 11.3 Å². The summed E-state index contributed by atoms with van der Waals surface area (Å²) < 4.78 is 4.78. The van der Waals surface area contributed by atoms with Crippen molar-refractivity contribution in [2.24, 2.45) is 0 Å². The van der Waals surface area contributed by atoms with Gasteiger partial charge in [-0.3, -0.25) is 14.9 Å². The Balaban J connectivity index is 2.18. The summed E-state index contributed by atoms with van der Waals surface area (Å²) in [6, 6.07) is 9.00. The van der Waals surface area contributed by atoms with E-state index in [0.29, 0.717) is 11.3 Å². The zero-order valence-electron chi connectivity index (χ0n) is 9.70. The Morgan fingerprint density at radius 3 is 2.68 bits per heavy atom. The Kier molecular flexibility index (Phi) is 3.58. The van der Waals surface area contributed by atoms with Crippen molar-refractivity contribution in [3.63, 3.8) is 0 Å². The Labute approximate surface area is 107 Å². The largest absolute Gasteiger partial charge is 0.433 e. The maximum absolute atomic E-state index is 11.8. The van der Waals surface area contributed by atoms with Crippen LogP contribution in [0.5, 0.6) is 0 Å². The molecule has 0 aliphatic heterocycles. The molecule has 0 radical (unpaired) electrons. The molecule has 7 nitrogen and oxygen atoms in total. The SMILES string of the molecule is O=C(Nc1ccccc1CO)c1ccc([N+](=O)[O-])o1. The quantitative estimate of drug-likeness (QED) is 0.646. The lowest BCUT2D eigenvalue weighted by molar-refractivity contribution is -0.402. The predicted octanol–water partition coefficient (Wildman–Crippen LogP) is 1.93. The van der Waals surface area contributed by atoms with Gasteiger partial charge >= 0.3 is 5.88 Å². The number of nitrogens with one attached hydrogen (secondary N) is 1. The molecule has 0 spiro atoms. The first-order valence-electron chi connectivity index (χ1n) is 5.36. The summed E-state index contributed by atoms with van der Waals surface area (Å²) in [5.41, 5.74) is 0.964. The summed E-state index contributed by atoms with van der Waals surface area (Å²) in [6.07, 6.45) is 0. The molecule has 2 rings (SSSR count). The van der Waals surface area contributed by atoms with Gasteiger partial charge in [-0.1, -0.05) is 18.2 Å². The smallest absolute Gasteiger partial charge is 0.395 e. The summed E-state index contributed by atoms with van der Waals surface area (Å²) in [4.78, 5) is 21.5. The van der Waals surface area contributed by atoms with Gasteiger partial charge in [-0.2, -0.15) is 0 Å². The van der Waals surface area contributed by atoms with Crippen LogP contribution in [-0.4, -0.2) is 15.9 Å². The van der Waals surface area contributed by atoms with E-state index in [1.807, 2.05) is 0 Å². The maximum Gasteiger partial charge on any atom is 0.433 e. The molecule has 1 aromatic carbocycles. The second kappa shape index (κ2) is 5.32. The van der Waals surface area contributed by atoms with Crippen molar-refractivity contribution in [3.8, 4) is 0 Å². The number of amides is 1. The van der Waals surface area contributed by atoms with Gasteiger partial charge in [0.2, 0.25) is 0 Å². The number of carbonyl (C=O) groups excluding carboxylic acids is 1. The van der Waals surface area contributed by atoms with Crippen LogP contribution < -0.4 is 5.32 Å². The lowest BCUT2D eigenvalue weighted by atomic mass is 10.2. The zero-order chi connectivity index (χ0) is 13.8. The van der Waals surface area contributed by atoms with Crippen LogP contribution in [0.15, 0.2) is 40.8 Å². The van der Waals surface area contributed by atoms with E-state index in [9.17, 15) is 14.9 Å². The van der Waals surface area contributed by atoms with Gasteiger partial charge in [-0.15, -0.1) is 0 Å². The standard InChI is InChI=1S/C12H10N2O5/c15-7-8-3-1-2-4-9(8)13-12(16)10-5-6-11(19-10)14(17)18/h1-6,15H,7H2,(H,13,16). The van der Waals surface area contributed by atoms with Crippen molar-refractivity contribution in [1.82, 2.24) is 0 Å². The fourth-order valence-corrected chi connectivity index (χ4v) is 1.51. The van der Waals surface area contributed by atoms with Crippen LogP contribution in [0.4, 0.5) is 11.6 Å². The Bertz CT molecular complexity index is 620. The van der Waals surface area contributed by atoms with Gasteiger partial charge in [-0.25, -0.2) is 0 Å². The van der Waals surface area contributed by atoms with E-state index >= 15 is 0 Å². The number of furan rings is 1. The van der Waals surface area contributed by atoms with E-state index in [2.05, 4.69) is 5.32 Å². The van der Waals surface area contributed by atoms with E-state index in [-0.39, 0.29) is 12.4 Å². The van der Waals surface area contributed by atoms with E-state index in [0.717, 1.165) is 6.07 Å². The number of aliphatic hydroxyl groups is 1. The third kappa shape index (κ3) is 2.78. The average Bonchev–Trinajstić information content (AvgIpc) is 2.89. The van der Waals surface area contributed by atoms with Gasteiger partial charge in [0.1, 0.15) is 4.92 Å². The van der Waals surface area contributed by atoms with E-state index in [4.69, 9.17) is 9.52 Å². The molecule has 2 aromatic rings. The zero-order valence-corrected chi connectivity index (χ0v) is 9.70. The van der Waals surface area contributed by atoms with Crippen molar-refractivity contribution in [1.29, 1.82) is 0 Å². The summed E-state index contributed by atoms with van der Waals surface area (Å²) in [6.45, 7) is -0.227. The minimum absolute atomic E-state index is 0.167. The number of hydrogen-bond donors (Lipinski definition) is 2. The van der Waals surface area contributed by atoms with Crippen LogP contribution >= 0.6 is 0 Å². The van der Waals surface area contributed by atoms with Crippen molar-refractivity contribution in [3.05, 3.63) is 57.8 Å². The molecule has 0 saturated heterocycles. The van der Waals surface area contributed by atoms with Gasteiger partial charge in [0.05, 0.1) is 12.7 Å². The molecule has 2 N–H and O–H groups in total. The molecule has 7 heteroatoms. The van der Waals surface area contributed by atoms with Crippen LogP contribution in [0.25, 0.3) is 0 Å². The molecule has 98 valence electrons. The number of nitro groups is 1. The van der Waals surface area contributed by atoms with Gasteiger partial charge in [0.25, 0.3) is 5.91 Å². The molecule has 0 atom stereocenters. The van der Waals surface area contributed by atoms with Gasteiger partial charge in [-0.05, 0) is 12.1 Å². The number of para-hydroxylation sites is 1. The minimum atomic E-state index is -0.724. The summed E-state index contributed by atoms with van der Waals surface area (Å²) >= 11 is 0. The van der Waals surface area contributed by atoms with Crippen molar-refractivity contribution >= 4 is 17.5 Å². The third-order valence-corrected chi connectivity index (χ3v) is 2.43. The molecule has 19 heavy (non-hydrogen) atoms. The minimum Gasteiger partial charge on any atom is -0.395 e. The summed E-state index contributed by atoms with van der Waals surface area (Å²) in [5, 5.41) is 22.1. The number of hydrogen-bond acceptors (Lipinski definition) is 5. The van der Waals surface area contributed by atoms with Crippen LogP contribution in [0.1, 0.15) is 16.1 Å². The highest BCUT2D eigenvalue weighted by molar-refractivity contribution is 6.02. The van der Waals surface area contributed by atoms with Crippen molar-refractivity contribution < 1.29 is 19.2 Å². The molecule has 0 bridgehead atoms. The van der Waals surface area contributed by atoms with Crippen LogP contribution in [0.3, 0.4) is 0 Å². The lowest BCUT2D eigenvalue weighted by Crippen LogP contribution is -2.12. The molecule has 0 unspecified atom stereocenters. The normalized spacial score (nSPS) is 10.2. The number of benzene rings is 1. The average molecular weight is 262 g/mol. The predicted molar refractivity (Wildman–Crippen MR) is 65.7 cm³/mol. The second-order valence-electron chi connectivity index (χ2n) is 3.66. The molecule has 0 aliphatic rings. The molecular formula is C12H10N2O5. The Morgan fingerprint density at radius 2 is 2.05 bits per heavy atom. The number of rotatable bonds is 4. The molecule has 1 aromatic heterocycles. The Morgan fingerprint density at radius 1 is 1.32 bits per heavy atom. The number of aliphatic hydroxyl groups excluding tert-OH is 1. The highest BCUT2D eigenvalue weighted by Crippen LogP contribution is 2.19. The third-order valence-electron chi connectivity index (χ3n) is 2.43. The van der Waals surface area contributed by atoms with Crippen LogP contribution in [-0.2, 0) is 6.61 Å². The highest BCUT2D eigenvalue weighted by Gasteiger charge is 2.17. The monoisotopic (exact) mass is 262 g/mol. The molecule has 0 fully saturated rings.